The highest BCUT2D eigenvalue weighted by Gasteiger charge is 2.13. The molecule has 1 aromatic carbocycles. The molecule has 7 heteroatoms. The molecule has 3 rings (SSSR count). The summed E-state index contributed by atoms with van der Waals surface area (Å²) in [6.07, 6.45) is 0. The number of thiophene rings is 1. The van der Waals surface area contributed by atoms with Gasteiger partial charge in [0.15, 0.2) is 17.5 Å². The van der Waals surface area contributed by atoms with Crippen LogP contribution in [0, 0.1) is 0 Å². The summed E-state index contributed by atoms with van der Waals surface area (Å²) in [6, 6.07) is 9.79. The fourth-order valence-corrected chi connectivity index (χ4v) is 2.63. The molecule has 0 radical (unpaired) electrons. The molecule has 0 unspecified atom stereocenters. The Morgan fingerprint density at radius 2 is 2.18 bits per heavy atom. The maximum absolute atomic E-state index is 5.55. The van der Waals surface area contributed by atoms with Gasteiger partial charge in [-0.05, 0) is 23.6 Å². The summed E-state index contributed by atoms with van der Waals surface area (Å²) in [6.45, 7) is 2.09. The standard InChI is InChI=1S/C15H18N4O2S/c16-5-6-17-15(18-9-12-2-1-7-22-12)19-11-3-4-13-14(8-11)21-10-20-13/h1-4,7-8H,5-6,9-10,16H2,(H2,17,18,19). The largest absolute Gasteiger partial charge is 0.454 e. The second-order valence-corrected chi connectivity index (χ2v) is 5.68. The van der Waals surface area contributed by atoms with Crippen LogP contribution in [0.5, 0.6) is 11.5 Å². The molecule has 116 valence electrons. The van der Waals surface area contributed by atoms with Crippen LogP contribution in [0.3, 0.4) is 0 Å². The molecule has 2 aromatic rings. The Hall–Kier alpha value is -2.25. The van der Waals surface area contributed by atoms with Crippen LogP contribution < -0.4 is 25.8 Å². The third kappa shape index (κ3) is 3.69. The lowest BCUT2D eigenvalue weighted by molar-refractivity contribution is 0.174. The number of aliphatic imine (C=N–C) groups is 1. The summed E-state index contributed by atoms with van der Waals surface area (Å²) >= 11 is 1.69. The van der Waals surface area contributed by atoms with Crippen molar-refractivity contribution in [3.8, 4) is 11.5 Å². The summed E-state index contributed by atoms with van der Waals surface area (Å²) in [4.78, 5) is 5.78. The third-order valence-electron chi connectivity index (χ3n) is 3.05. The molecule has 22 heavy (non-hydrogen) atoms. The minimum absolute atomic E-state index is 0.267. The molecule has 0 bridgehead atoms. The first-order valence-corrected chi connectivity index (χ1v) is 7.90. The first kappa shape index (κ1) is 14.7. The van der Waals surface area contributed by atoms with Crippen LogP contribution in [0.1, 0.15) is 4.88 Å². The number of ether oxygens (including phenoxy) is 2. The maximum atomic E-state index is 5.55. The van der Waals surface area contributed by atoms with Gasteiger partial charge in [-0.25, -0.2) is 4.99 Å². The molecular weight excluding hydrogens is 300 g/mol. The van der Waals surface area contributed by atoms with Crippen molar-refractivity contribution in [3.63, 3.8) is 0 Å². The zero-order valence-electron chi connectivity index (χ0n) is 12.0. The van der Waals surface area contributed by atoms with E-state index < -0.39 is 0 Å². The predicted octanol–water partition coefficient (Wildman–Crippen LogP) is 1.99. The highest BCUT2D eigenvalue weighted by Crippen LogP contribution is 2.34. The fourth-order valence-electron chi connectivity index (χ4n) is 2.00. The van der Waals surface area contributed by atoms with Crippen LogP contribution >= 0.6 is 11.3 Å². The maximum Gasteiger partial charge on any atom is 0.231 e. The van der Waals surface area contributed by atoms with Gasteiger partial charge in [-0.1, -0.05) is 6.07 Å². The van der Waals surface area contributed by atoms with Gasteiger partial charge in [0.05, 0.1) is 6.54 Å². The van der Waals surface area contributed by atoms with Gasteiger partial charge in [0.1, 0.15) is 0 Å². The van der Waals surface area contributed by atoms with Gasteiger partial charge in [0.25, 0.3) is 0 Å². The number of nitrogens with one attached hydrogen (secondary N) is 2. The molecule has 1 aliphatic rings. The van der Waals surface area contributed by atoms with Crippen LogP contribution in [0.4, 0.5) is 5.69 Å². The quantitative estimate of drug-likeness (QED) is 0.580. The second-order valence-electron chi connectivity index (χ2n) is 4.65. The molecule has 0 aliphatic carbocycles. The Morgan fingerprint density at radius 3 is 3.00 bits per heavy atom. The summed E-state index contributed by atoms with van der Waals surface area (Å²) in [5, 5.41) is 8.50. The number of nitrogens with zero attached hydrogens (tertiary/aromatic N) is 1. The second kappa shape index (κ2) is 7.15. The van der Waals surface area contributed by atoms with Crippen LogP contribution in [-0.4, -0.2) is 25.8 Å². The number of hydrogen-bond acceptors (Lipinski definition) is 5. The first-order chi connectivity index (χ1) is 10.8. The van der Waals surface area contributed by atoms with E-state index in [-0.39, 0.29) is 6.79 Å². The van der Waals surface area contributed by atoms with Crippen molar-refractivity contribution in [1.82, 2.24) is 5.32 Å². The Kier molecular flexibility index (Phi) is 4.77. The van der Waals surface area contributed by atoms with Crippen molar-refractivity contribution in [2.75, 3.05) is 25.2 Å². The van der Waals surface area contributed by atoms with Crippen molar-refractivity contribution >= 4 is 23.0 Å². The van der Waals surface area contributed by atoms with E-state index in [9.17, 15) is 0 Å². The number of anilines is 1. The predicted molar refractivity (Wildman–Crippen MR) is 88.7 cm³/mol. The Morgan fingerprint density at radius 1 is 1.27 bits per heavy atom. The minimum atomic E-state index is 0.267. The molecule has 1 aliphatic heterocycles. The van der Waals surface area contributed by atoms with Gasteiger partial charge in [0, 0.05) is 29.7 Å². The fraction of sp³-hybridized carbons (Fsp3) is 0.267. The molecule has 0 saturated heterocycles. The third-order valence-corrected chi connectivity index (χ3v) is 3.91. The summed E-state index contributed by atoms with van der Waals surface area (Å²) < 4.78 is 10.7. The number of rotatable bonds is 5. The van der Waals surface area contributed by atoms with Crippen molar-refractivity contribution in [3.05, 3.63) is 40.6 Å². The van der Waals surface area contributed by atoms with E-state index >= 15 is 0 Å². The van der Waals surface area contributed by atoms with Gasteiger partial charge in [-0.3, -0.25) is 0 Å². The van der Waals surface area contributed by atoms with Crippen LogP contribution in [0.2, 0.25) is 0 Å². The molecule has 1 aromatic heterocycles. The molecule has 2 heterocycles. The summed E-state index contributed by atoms with van der Waals surface area (Å²) in [5.41, 5.74) is 6.44. The average Bonchev–Trinajstić information content (AvgIpc) is 3.20. The van der Waals surface area contributed by atoms with E-state index in [2.05, 4.69) is 21.7 Å². The Balaban J connectivity index is 1.70. The van der Waals surface area contributed by atoms with E-state index in [0.717, 1.165) is 17.2 Å². The van der Waals surface area contributed by atoms with Crippen LogP contribution in [0.15, 0.2) is 40.7 Å². The number of benzene rings is 1. The summed E-state index contributed by atoms with van der Waals surface area (Å²) in [7, 11) is 0. The normalized spacial score (nSPS) is 13.2. The van der Waals surface area contributed by atoms with Gasteiger partial charge >= 0.3 is 0 Å². The Labute approximate surface area is 133 Å². The van der Waals surface area contributed by atoms with Crippen LogP contribution in [-0.2, 0) is 6.54 Å². The van der Waals surface area contributed by atoms with E-state index in [0.29, 0.717) is 25.6 Å². The number of nitrogens with two attached hydrogens (primary N) is 1. The number of hydrogen-bond donors (Lipinski definition) is 3. The van der Waals surface area contributed by atoms with Crippen molar-refractivity contribution < 1.29 is 9.47 Å². The molecule has 6 nitrogen and oxygen atoms in total. The molecule has 0 saturated carbocycles. The monoisotopic (exact) mass is 318 g/mol. The highest BCUT2D eigenvalue weighted by atomic mass is 32.1. The van der Waals surface area contributed by atoms with Gasteiger partial charge < -0.3 is 25.8 Å². The highest BCUT2D eigenvalue weighted by molar-refractivity contribution is 7.09. The van der Waals surface area contributed by atoms with Crippen molar-refractivity contribution in [2.45, 2.75) is 6.54 Å². The molecule has 0 amide bonds. The lowest BCUT2D eigenvalue weighted by Crippen LogP contribution is -2.34. The first-order valence-electron chi connectivity index (χ1n) is 7.02. The number of guanidine groups is 1. The molecule has 0 spiro atoms. The summed E-state index contributed by atoms with van der Waals surface area (Å²) in [5.74, 6) is 2.19. The minimum Gasteiger partial charge on any atom is -0.454 e. The van der Waals surface area contributed by atoms with Crippen molar-refractivity contribution in [1.29, 1.82) is 0 Å². The van der Waals surface area contributed by atoms with E-state index in [1.165, 1.54) is 4.88 Å². The Bertz CT molecular complexity index is 643. The average molecular weight is 318 g/mol. The lowest BCUT2D eigenvalue weighted by atomic mass is 10.3. The van der Waals surface area contributed by atoms with E-state index in [4.69, 9.17) is 15.2 Å². The SMILES string of the molecule is NCCNC(=NCc1cccs1)Nc1ccc2c(c1)OCO2. The van der Waals surface area contributed by atoms with Gasteiger partial charge in [0.2, 0.25) is 6.79 Å². The zero-order valence-corrected chi connectivity index (χ0v) is 12.9. The van der Waals surface area contributed by atoms with E-state index in [1.807, 2.05) is 29.6 Å². The van der Waals surface area contributed by atoms with Crippen LogP contribution in [0.25, 0.3) is 0 Å². The van der Waals surface area contributed by atoms with Gasteiger partial charge in [-0.15, -0.1) is 11.3 Å². The van der Waals surface area contributed by atoms with Gasteiger partial charge in [-0.2, -0.15) is 0 Å². The van der Waals surface area contributed by atoms with E-state index in [1.54, 1.807) is 11.3 Å². The molecule has 0 fully saturated rings. The lowest BCUT2D eigenvalue weighted by Gasteiger charge is -2.12. The number of fused-ring (bicyclic) bond motifs is 1. The molecule has 0 atom stereocenters. The topological polar surface area (TPSA) is 80.9 Å². The van der Waals surface area contributed by atoms with Crippen molar-refractivity contribution in [2.24, 2.45) is 10.7 Å². The zero-order chi connectivity index (χ0) is 15.2. The smallest absolute Gasteiger partial charge is 0.231 e. The molecular formula is C15H18N4O2S. The molecule has 4 N–H and O–H groups in total.